The minimum Gasteiger partial charge on any atom is -0.667 e. The number of aliphatic hydroxyl groups excluding tert-OH is 1. The molecule has 1 saturated heterocycles. The van der Waals surface area contributed by atoms with Crippen LogP contribution in [0.5, 0.6) is 0 Å². The van der Waals surface area contributed by atoms with E-state index in [1.807, 2.05) is 60.7 Å². The Labute approximate surface area is 117 Å². The van der Waals surface area contributed by atoms with Gasteiger partial charge in [0.15, 0.2) is 0 Å². The van der Waals surface area contributed by atoms with Crippen molar-refractivity contribution in [3.63, 3.8) is 0 Å². The summed E-state index contributed by atoms with van der Waals surface area (Å²) in [4.78, 5) is 11.9. The van der Waals surface area contributed by atoms with E-state index in [-0.39, 0.29) is 6.61 Å². The molecule has 0 aliphatic carbocycles. The van der Waals surface area contributed by atoms with Gasteiger partial charge in [0.05, 0.1) is 12.6 Å². The molecule has 0 saturated carbocycles. The van der Waals surface area contributed by atoms with Crippen molar-refractivity contribution in [3.05, 3.63) is 60.7 Å². The first-order chi connectivity index (χ1) is 9.76. The van der Waals surface area contributed by atoms with E-state index in [2.05, 4.69) is 5.23 Å². The zero-order chi connectivity index (χ0) is 14.0. The molecular weight excluding hydrogens is 253 g/mol. The Kier molecular flexibility index (Phi) is 3.30. The van der Waals surface area contributed by atoms with Crippen LogP contribution >= 0.6 is 0 Å². The normalized spacial score (nSPS) is 20.6. The van der Waals surface area contributed by atoms with Crippen LogP contribution in [0.3, 0.4) is 0 Å². The molecule has 1 unspecified atom stereocenters. The molecule has 2 N–H and O–H groups in total. The third-order valence-electron chi connectivity index (χ3n) is 3.73. The van der Waals surface area contributed by atoms with Crippen molar-refractivity contribution in [2.45, 2.75) is 6.04 Å². The van der Waals surface area contributed by atoms with E-state index in [4.69, 9.17) is 4.65 Å². The molecule has 0 spiro atoms. The molecule has 20 heavy (non-hydrogen) atoms. The number of hydrogen-bond acceptors (Lipinski definition) is 4. The maximum atomic E-state index is 11.9. The molecule has 1 atom stereocenters. The number of carbonyl (C=O) groups is 1. The van der Waals surface area contributed by atoms with Crippen LogP contribution in [0.4, 0.5) is 0 Å². The largest absolute Gasteiger partial charge is 0.667 e. The summed E-state index contributed by atoms with van der Waals surface area (Å²) in [5.41, 5.74) is 1.78. The van der Waals surface area contributed by atoms with Crippen molar-refractivity contribution >= 4 is 23.4 Å². The molecule has 0 bridgehead atoms. The lowest BCUT2D eigenvalue weighted by atomic mass is 9.42. The first-order valence-corrected chi connectivity index (χ1v) is 6.63. The van der Waals surface area contributed by atoms with Gasteiger partial charge in [0.25, 0.3) is 12.5 Å². The van der Waals surface area contributed by atoms with Gasteiger partial charge in [-0.05, 0) is 0 Å². The summed E-state index contributed by atoms with van der Waals surface area (Å²) in [6.45, 7) is -2.10. The lowest BCUT2D eigenvalue weighted by Gasteiger charge is -2.37. The van der Waals surface area contributed by atoms with Crippen LogP contribution in [-0.2, 0) is 9.45 Å². The van der Waals surface area contributed by atoms with Crippen molar-refractivity contribution in [1.29, 1.82) is 0 Å². The smallest absolute Gasteiger partial charge is 0.293 e. The maximum absolute atomic E-state index is 11.9. The van der Waals surface area contributed by atoms with E-state index in [0.717, 1.165) is 10.9 Å². The monoisotopic (exact) mass is 268 g/mol. The zero-order valence-corrected chi connectivity index (χ0v) is 10.9. The van der Waals surface area contributed by atoms with Gasteiger partial charge in [-0.3, -0.25) is 4.79 Å². The van der Waals surface area contributed by atoms with E-state index in [0.29, 0.717) is 0 Å². The first-order valence-electron chi connectivity index (χ1n) is 6.63. The molecule has 5 heteroatoms. The molecule has 3 rings (SSSR count). The second-order valence-corrected chi connectivity index (χ2v) is 4.95. The SMILES string of the molecule is O=C1O[B-](c2ccccc2)(c2ccccc2)NC1CO. The highest BCUT2D eigenvalue weighted by Crippen LogP contribution is 2.14. The first kappa shape index (κ1) is 12.9. The van der Waals surface area contributed by atoms with Crippen LogP contribution in [0, 0.1) is 0 Å². The van der Waals surface area contributed by atoms with E-state index >= 15 is 0 Å². The van der Waals surface area contributed by atoms with Gasteiger partial charge in [-0.1, -0.05) is 60.7 Å². The highest BCUT2D eigenvalue weighted by molar-refractivity contribution is 6.97. The summed E-state index contributed by atoms with van der Waals surface area (Å²) in [5, 5.41) is 12.5. The van der Waals surface area contributed by atoms with Gasteiger partial charge in [0.2, 0.25) is 0 Å². The summed E-state index contributed by atoms with van der Waals surface area (Å²) >= 11 is 0. The molecule has 0 aromatic heterocycles. The number of nitrogens with one attached hydrogen (secondary N) is 1. The molecule has 1 aliphatic heterocycles. The van der Waals surface area contributed by atoms with Gasteiger partial charge < -0.3 is 15.0 Å². The molecule has 0 radical (unpaired) electrons. The third kappa shape index (κ3) is 2.01. The Morgan fingerprint density at radius 1 is 1.00 bits per heavy atom. The second-order valence-electron chi connectivity index (χ2n) is 4.95. The fourth-order valence-corrected chi connectivity index (χ4v) is 2.74. The summed E-state index contributed by atoms with van der Waals surface area (Å²) < 4.78 is 5.68. The van der Waals surface area contributed by atoms with Crippen LogP contribution in [0.2, 0.25) is 0 Å². The summed E-state index contributed by atoms with van der Waals surface area (Å²) in [7, 11) is 0. The Balaban J connectivity index is 2.13. The average Bonchev–Trinajstić information content (AvgIpc) is 2.87. The van der Waals surface area contributed by atoms with Crippen molar-refractivity contribution in [2.75, 3.05) is 6.61 Å². The minimum atomic E-state index is -1.83. The minimum absolute atomic E-state index is 0.276. The lowest BCUT2D eigenvalue weighted by Crippen LogP contribution is -2.68. The molecule has 2 aromatic carbocycles. The Morgan fingerprint density at radius 3 is 1.90 bits per heavy atom. The molecule has 4 nitrogen and oxygen atoms in total. The average molecular weight is 268 g/mol. The van der Waals surface area contributed by atoms with Crippen LogP contribution in [0.25, 0.3) is 0 Å². The maximum Gasteiger partial charge on any atom is 0.293 e. The van der Waals surface area contributed by atoms with Crippen molar-refractivity contribution in [2.24, 2.45) is 0 Å². The fourth-order valence-electron chi connectivity index (χ4n) is 2.74. The number of benzene rings is 2. The summed E-state index contributed by atoms with van der Waals surface area (Å²) in [6.07, 6.45) is 0. The van der Waals surface area contributed by atoms with Crippen molar-refractivity contribution < 1.29 is 14.6 Å². The highest BCUT2D eigenvalue weighted by Gasteiger charge is 2.42. The summed E-state index contributed by atoms with van der Waals surface area (Å²) in [6, 6.07) is 18.5. The quantitative estimate of drug-likeness (QED) is 0.754. The zero-order valence-electron chi connectivity index (χ0n) is 10.9. The molecule has 1 heterocycles. The highest BCUT2D eigenvalue weighted by atomic mass is 16.5. The van der Waals surface area contributed by atoms with E-state index in [1.165, 1.54) is 0 Å². The number of aliphatic hydroxyl groups is 1. The van der Waals surface area contributed by atoms with Gasteiger partial charge in [-0.15, -0.1) is 10.9 Å². The fraction of sp³-hybridized carbons (Fsp3) is 0.133. The predicted octanol–water partition coefficient (Wildman–Crippen LogP) is -0.250. The summed E-state index contributed by atoms with van der Waals surface area (Å²) in [5.74, 6) is -0.416. The molecular formula is C15H15BNO3-. The lowest BCUT2D eigenvalue weighted by molar-refractivity contribution is -0.134. The third-order valence-corrected chi connectivity index (χ3v) is 3.73. The van der Waals surface area contributed by atoms with Gasteiger partial charge in [0.1, 0.15) is 0 Å². The van der Waals surface area contributed by atoms with E-state index in [9.17, 15) is 9.90 Å². The second kappa shape index (κ2) is 5.11. The molecule has 1 fully saturated rings. The number of rotatable bonds is 3. The van der Waals surface area contributed by atoms with Gasteiger partial charge >= 0.3 is 0 Å². The van der Waals surface area contributed by atoms with Crippen LogP contribution in [0.15, 0.2) is 60.7 Å². The molecule has 2 aromatic rings. The van der Waals surface area contributed by atoms with Gasteiger partial charge in [0, 0.05) is 0 Å². The number of carbonyl (C=O) groups excluding carboxylic acids is 1. The number of hydrogen-bond donors (Lipinski definition) is 2. The molecule has 102 valence electrons. The van der Waals surface area contributed by atoms with Crippen LogP contribution < -0.4 is 16.2 Å². The van der Waals surface area contributed by atoms with Crippen molar-refractivity contribution in [3.8, 4) is 0 Å². The Morgan fingerprint density at radius 2 is 1.50 bits per heavy atom. The van der Waals surface area contributed by atoms with E-state index < -0.39 is 18.5 Å². The van der Waals surface area contributed by atoms with Crippen LogP contribution in [0.1, 0.15) is 0 Å². The standard InChI is InChI=1S/C15H15BNO3/c18-11-14-15(19)20-16(17-14,12-7-3-1-4-8-12)13-9-5-2-6-10-13/h1-10,14,17-18H,11H2/q-1. The van der Waals surface area contributed by atoms with Crippen molar-refractivity contribution in [1.82, 2.24) is 5.23 Å². The topological polar surface area (TPSA) is 58.6 Å². The van der Waals surface area contributed by atoms with Gasteiger partial charge in [-0.2, -0.15) is 0 Å². The predicted molar refractivity (Wildman–Crippen MR) is 78.0 cm³/mol. The molecule has 0 amide bonds. The Bertz CT molecular complexity index is 564. The Hall–Kier alpha value is -2.11. The van der Waals surface area contributed by atoms with Crippen LogP contribution in [-0.4, -0.2) is 30.2 Å². The van der Waals surface area contributed by atoms with E-state index in [1.54, 1.807) is 0 Å². The molecule has 1 aliphatic rings. The van der Waals surface area contributed by atoms with Gasteiger partial charge in [-0.25, -0.2) is 0 Å².